The predicted octanol–water partition coefficient (Wildman–Crippen LogP) is 4.67. The molecule has 1 spiro atoms. The number of benzene rings is 1. The Morgan fingerprint density at radius 3 is 2.41 bits per heavy atom. The van der Waals surface area contributed by atoms with Gasteiger partial charge in [-0.3, -0.25) is 0 Å². The van der Waals surface area contributed by atoms with E-state index in [1.165, 1.54) is 60.0 Å². The van der Waals surface area contributed by atoms with Gasteiger partial charge in [0.1, 0.15) is 0 Å². The van der Waals surface area contributed by atoms with Crippen LogP contribution in [0.4, 0.5) is 4.39 Å². The number of pyridine rings is 1. The molecule has 22 heavy (non-hydrogen) atoms. The van der Waals surface area contributed by atoms with Crippen molar-refractivity contribution in [2.75, 3.05) is 0 Å². The molecule has 1 aromatic heterocycles. The fourth-order valence-corrected chi connectivity index (χ4v) is 16.0. The summed E-state index contributed by atoms with van der Waals surface area (Å²) < 4.78 is 14.8. The molecule has 0 bridgehead atoms. The second-order valence-electron chi connectivity index (χ2n) is 6.93. The van der Waals surface area contributed by atoms with E-state index >= 15 is 0 Å². The van der Waals surface area contributed by atoms with Gasteiger partial charge in [-0.05, 0) is 0 Å². The minimum absolute atomic E-state index is 0.183. The van der Waals surface area contributed by atoms with E-state index in [9.17, 15) is 4.39 Å². The molecule has 1 fully saturated rings. The van der Waals surface area contributed by atoms with Crippen LogP contribution in [0.15, 0.2) is 36.5 Å². The molecule has 3 heteroatoms. The molecule has 0 N–H and O–H groups in total. The topological polar surface area (TPSA) is 12.9 Å². The second kappa shape index (κ2) is 5.80. The van der Waals surface area contributed by atoms with Crippen LogP contribution in [-0.2, 0) is 6.42 Å². The summed E-state index contributed by atoms with van der Waals surface area (Å²) in [4.78, 5) is 4.77. The third-order valence-corrected chi connectivity index (χ3v) is 17.2. The summed E-state index contributed by atoms with van der Waals surface area (Å²) in [5.41, 5.74) is 3.59. The maximum atomic E-state index is 13.1. The normalized spacial score (nSPS) is 19.9. The summed E-state index contributed by atoms with van der Waals surface area (Å²) in [6.45, 7) is 0. The van der Waals surface area contributed by atoms with Gasteiger partial charge in [0.15, 0.2) is 0 Å². The molecule has 0 saturated carbocycles. The molecule has 1 nitrogen and oxygen atoms in total. The van der Waals surface area contributed by atoms with Crippen LogP contribution in [-0.4, -0.2) is 18.3 Å². The van der Waals surface area contributed by atoms with Gasteiger partial charge in [-0.2, -0.15) is 0 Å². The number of hydrogen-bond acceptors (Lipinski definition) is 1. The number of rotatable bonds is 1. The Bertz CT molecular complexity index is 674. The average molecular weight is 356 g/mol. The van der Waals surface area contributed by atoms with Crippen LogP contribution in [0.25, 0.3) is 11.3 Å². The van der Waals surface area contributed by atoms with Gasteiger partial charge in [0.25, 0.3) is 0 Å². The Morgan fingerprint density at radius 1 is 0.909 bits per heavy atom. The monoisotopic (exact) mass is 357 g/mol. The molecule has 0 atom stereocenters. The van der Waals surface area contributed by atoms with Crippen molar-refractivity contribution in [3.63, 3.8) is 0 Å². The molecule has 2 aliphatic heterocycles. The quantitative estimate of drug-likeness (QED) is 0.677. The zero-order valence-corrected chi connectivity index (χ0v) is 15.0. The molecule has 0 amide bonds. The van der Waals surface area contributed by atoms with Gasteiger partial charge in [0, 0.05) is 0 Å². The first kappa shape index (κ1) is 14.4. The predicted molar refractivity (Wildman–Crippen MR) is 91.6 cm³/mol. The van der Waals surface area contributed by atoms with Crippen molar-refractivity contribution in [2.24, 2.45) is 0 Å². The number of halogens is 1. The van der Waals surface area contributed by atoms with Crippen molar-refractivity contribution in [2.45, 2.75) is 47.9 Å². The Labute approximate surface area is 134 Å². The first-order valence-corrected chi connectivity index (χ1v) is 14.0. The molecular formula is C19H22FGeN. The van der Waals surface area contributed by atoms with Gasteiger partial charge in [0.2, 0.25) is 0 Å². The Hall–Kier alpha value is -1.16. The number of aromatic nitrogens is 1. The van der Waals surface area contributed by atoms with E-state index in [4.69, 9.17) is 4.98 Å². The average Bonchev–Trinajstić information content (AvgIpc) is 2.56. The number of hydrogen-bond donors (Lipinski definition) is 0. The molecule has 1 saturated heterocycles. The molecule has 1 aromatic carbocycles. The van der Waals surface area contributed by atoms with Gasteiger partial charge >= 0.3 is 134 Å². The van der Waals surface area contributed by atoms with Crippen LogP contribution < -0.4 is 4.40 Å². The van der Waals surface area contributed by atoms with Crippen molar-refractivity contribution in [1.29, 1.82) is 0 Å². The van der Waals surface area contributed by atoms with E-state index in [-0.39, 0.29) is 5.82 Å². The summed E-state index contributed by atoms with van der Waals surface area (Å²) >= 11 is -1.82. The fourth-order valence-electron chi connectivity index (χ4n) is 4.46. The van der Waals surface area contributed by atoms with Gasteiger partial charge in [-0.15, -0.1) is 0 Å². The Balaban J connectivity index is 1.73. The molecule has 2 aliphatic rings. The van der Waals surface area contributed by atoms with Crippen LogP contribution >= 0.6 is 0 Å². The molecule has 2 aromatic rings. The van der Waals surface area contributed by atoms with E-state index in [1.54, 1.807) is 9.96 Å². The molecule has 0 radical (unpaired) electrons. The van der Waals surface area contributed by atoms with E-state index in [0.717, 1.165) is 11.3 Å². The molecule has 0 unspecified atom stereocenters. The van der Waals surface area contributed by atoms with Crippen molar-refractivity contribution >= 4 is 17.7 Å². The maximum absolute atomic E-state index is 13.1. The summed E-state index contributed by atoms with van der Waals surface area (Å²) in [5, 5.41) is 4.56. The summed E-state index contributed by atoms with van der Waals surface area (Å²) in [7, 11) is 0. The van der Waals surface area contributed by atoms with Crippen molar-refractivity contribution in [1.82, 2.24) is 4.98 Å². The van der Waals surface area contributed by atoms with Crippen molar-refractivity contribution in [3.8, 4) is 11.3 Å². The molecule has 3 heterocycles. The van der Waals surface area contributed by atoms with Crippen LogP contribution in [0.2, 0.25) is 15.8 Å². The van der Waals surface area contributed by atoms with Crippen LogP contribution in [0.5, 0.6) is 0 Å². The zero-order valence-electron chi connectivity index (χ0n) is 12.9. The SMILES string of the molecule is Fc1ccc(-c2cc3[c](cn2)[Ge]2([CH2]CCC[CH2]2)[CH2]CC3)cc1. The number of aryl methyl sites for hydroxylation is 1. The fraction of sp³-hybridized carbons (Fsp3) is 0.421. The summed E-state index contributed by atoms with van der Waals surface area (Å²) in [6.07, 6.45) is 9.11. The summed E-state index contributed by atoms with van der Waals surface area (Å²) in [5.74, 6) is -0.183. The van der Waals surface area contributed by atoms with Gasteiger partial charge in [-0.1, -0.05) is 0 Å². The summed E-state index contributed by atoms with van der Waals surface area (Å²) in [6, 6.07) is 9.02. The molecular weight excluding hydrogens is 334 g/mol. The minimum atomic E-state index is -1.82. The van der Waals surface area contributed by atoms with Crippen LogP contribution in [0.1, 0.15) is 31.2 Å². The van der Waals surface area contributed by atoms with E-state index in [0.29, 0.717) is 0 Å². The van der Waals surface area contributed by atoms with Crippen molar-refractivity contribution < 1.29 is 4.39 Å². The van der Waals surface area contributed by atoms with E-state index < -0.39 is 13.3 Å². The standard InChI is InChI=1S/C19H22FGeN/c20-17-8-6-15(7-9-17)19-13-16-5-4-12-21(18(16)14-22-19)10-2-1-3-11-21/h6-9,13-14H,1-5,10-12H2. The Morgan fingerprint density at radius 2 is 1.64 bits per heavy atom. The molecule has 114 valence electrons. The number of nitrogens with zero attached hydrogens (tertiary/aromatic N) is 1. The zero-order chi connectivity index (χ0) is 15.0. The van der Waals surface area contributed by atoms with Gasteiger partial charge in [-0.25, -0.2) is 0 Å². The van der Waals surface area contributed by atoms with E-state index in [2.05, 4.69) is 12.3 Å². The van der Waals surface area contributed by atoms with Crippen LogP contribution in [0, 0.1) is 5.82 Å². The first-order chi connectivity index (χ1) is 10.8. The third-order valence-electron chi connectivity index (χ3n) is 5.61. The van der Waals surface area contributed by atoms with E-state index in [1.807, 2.05) is 12.1 Å². The second-order valence-corrected chi connectivity index (χ2v) is 16.6. The Kier molecular flexibility index (Phi) is 3.81. The molecule has 0 aliphatic carbocycles. The number of fused-ring (bicyclic) bond motifs is 2. The van der Waals surface area contributed by atoms with Gasteiger partial charge < -0.3 is 0 Å². The molecule has 4 rings (SSSR count). The van der Waals surface area contributed by atoms with Crippen molar-refractivity contribution in [3.05, 3.63) is 47.9 Å². The van der Waals surface area contributed by atoms with Crippen LogP contribution in [0.3, 0.4) is 0 Å². The third kappa shape index (κ3) is 2.51. The first-order valence-electron chi connectivity index (χ1n) is 8.52. The van der Waals surface area contributed by atoms with Gasteiger partial charge in [0.05, 0.1) is 0 Å².